The molecule has 42 heavy (non-hydrogen) atoms. The molecule has 0 radical (unpaired) electrons. The Balaban J connectivity index is 1.43. The van der Waals surface area contributed by atoms with E-state index >= 15 is 0 Å². The molecule has 0 fully saturated rings. The molecule has 0 heterocycles. The van der Waals surface area contributed by atoms with E-state index in [9.17, 15) is 19.5 Å². The summed E-state index contributed by atoms with van der Waals surface area (Å²) in [6.07, 6.45) is 4.46. The quantitative estimate of drug-likeness (QED) is 0.0718. The van der Waals surface area contributed by atoms with E-state index in [2.05, 4.69) is 13.2 Å². The Morgan fingerprint density at radius 1 is 0.762 bits per heavy atom. The second-order valence-electron chi connectivity index (χ2n) is 9.14. The number of aliphatic hydroxyl groups excluding tert-OH is 1. The van der Waals surface area contributed by atoms with Crippen molar-refractivity contribution >= 4 is 17.9 Å². The number of carbonyl (C=O) groups excluding carboxylic acids is 3. The zero-order valence-corrected chi connectivity index (χ0v) is 23.5. The number of carbonyl (C=O) groups is 3. The maximum atomic E-state index is 12.6. The number of esters is 3. The van der Waals surface area contributed by atoms with Crippen molar-refractivity contribution in [3.05, 3.63) is 109 Å². The summed E-state index contributed by atoms with van der Waals surface area (Å²) >= 11 is 0. The monoisotopic (exact) mass is 574 g/mol. The van der Waals surface area contributed by atoms with E-state index in [-0.39, 0.29) is 0 Å². The van der Waals surface area contributed by atoms with Crippen LogP contribution in [0.15, 0.2) is 92.0 Å². The van der Waals surface area contributed by atoms with Gasteiger partial charge >= 0.3 is 17.9 Å². The lowest BCUT2D eigenvalue weighted by atomic mass is 10.2. The first-order valence-corrected chi connectivity index (χ1v) is 13.4. The third-order valence-electron chi connectivity index (χ3n) is 5.95. The van der Waals surface area contributed by atoms with Gasteiger partial charge in [0.1, 0.15) is 23.0 Å². The highest BCUT2D eigenvalue weighted by atomic mass is 16.6. The van der Waals surface area contributed by atoms with E-state index < -0.39 is 24.2 Å². The Labute approximate surface area is 244 Å². The van der Waals surface area contributed by atoms with E-state index in [0.29, 0.717) is 52.9 Å². The third-order valence-corrected chi connectivity index (χ3v) is 5.95. The van der Waals surface area contributed by atoms with Crippen LogP contribution in [0.5, 0.6) is 23.0 Å². The minimum Gasteiger partial charge on any atom is -0.494 e. The summed E-state index contributed by atoms with van der Waals surface area (Å²) in [6, 6.07) is 17.7. The summed E-state index contributed by atoms with van der Waals surface area (Å²) in [6.45, 7) is 9.39. The zero-order valence-electron chi connectivity index (χ0n) is 23.5. The highest BCUT2D eigenvalue weighted by Crippen LogP contribution is 2.28. The van der Waals surface area contributed by atoms with Crippen LogP contribution in [0.4, 0.5) is 0 Å². The Morgan fingerprint density at radius 2 is 1.38 bits per heavy atom. The SMILES string of the molecule is C=CC(=O)OCCCCCCOc1ccc(C(=O)Oc2ccc(OC(O)c3ccc(OC(=O)C=C)cc3)c(C)c2)cc1. The van der Waals surface area contributed by atoms with Crippen LogP contribution >= 0.6 is 0 Å². The van der Waals surface area contributed by atoms with Crippen LogP contribution in [0.3, 0.4) is 0 Å². The highest BCUT2D eigenvalue weighted by Gasteiger charge is 2.14. The van der Waals surface area contributed by atoms with Gasteiger partial charge in [-0.1, -0.05) is 13.2 Å². The van der Waals surface area contributed by atoms with Gasteiger partial charge in [-0.3, -0.25) is 0 Å². The van der Waals surface area contributed by atoms with E-state index in [1.165, 1.54) is 12.1 Å². The van der Waals surface area contributed by atoms with Crippen LogP contribution in [0.1, 0.15) is 53.5 Å². The van der Waals surface area contributed by atoms with Crippen molar-refractivity contribution < 1.29 is 43.2 Å². The Hall–Kier alpha value is -4.89. The van der Waals surface area contributed by atoms with Gasteiger partial charge in [-0.2, -0.15) is 0 Å². The van der Waals surface area contributed by atoms with Gasteiger partial charge in [0.25, 0.3) is 0 Å². The molecule has 9 heteroatoms. The largest absolute Gasteiger partial charge is 0.494 e. The van der Waals surface area contributed by atoms with E-state index in [4.69, 9.17) is 23.7 Å². The Bertz CT molecular complexity index is 1360. The van der Waals surface area contributed by atoms with Crippen molar-refractivity contribution in [1.29, 1.82) is 0 Å². The van der Waals surface area contributed by atoms with Crippen molar-refractivity contribution in [2.75, 3.05) is 13.2 Å². The molecule has 0 spiro atoms. The third kappa shape index (κ3) is 10.3. The molecule has 0 amide bonds. The lowest BCUT2D eigenvalue weighted by Crippen LogP contribution is -2.10. The summed E-state index contributed by atoms with van der Waals surface area (Å²) in [5.74, 6) is 0.183. The molecule has 0 aromatic heterocycles. The molecule has 0 aliphatic rings. The summed E-state index contributed by atoms with van der Waals surface area (Å²) in [5.41, 5.74) is 1.48. The number of aliphatic hydroxyl groups is 1. The zero-order chi connectivity index (χ0) is 30.3. The number of hydrogen-bond acceptors (Lipinski definition) is 9. The number of hydrogen-bond donors (Lipinski definition) is 1. The van der Waals surface area contributed by atoms with Gasteiger partial charge in [0.15, 0.2) is 0 Å². The molecule has 1 atom stereocenters. The Morgan fingerprint density at radius 3 is 2.02 bits per heavy atom. The maximum Gasteiger partial charge on any atom is 0.343 e. The van der Waals surface area contributed by atoms with Crippen LogP contribution in [-0.2, 0) is 14.3 Å². The van der Waals surface area contributed by atoms with Crippen molar-refractivity contribution in [2.24, 2.45) is 0 Å². The van der Waals surface area contributed by atoms with Crippen molar-refractivity contribution in [3.8, 4) is 23.0 Å². The van der Waals surface area contributed by atoms with Crippen LogP contribution in [0.25, 0.3) is 0 Å². The van der Waals surface area contributed by atoms with Crippen LogP contribution in [0, 0.1) is 6.92 Å². The molecular formula is C33H34O9. The van der Waals surface area contributed by atoms with Gasteiger partial charge in [-0.15, -0.1) is 0 Å². The molecule has 0 saturated heterocycles. The average Bonchev–Trinajstić information content (AvgIpc) is 3.00. The smallest absolute Gasteiger partial charge is 0.343 e. The summed E-state index contributed by atoms with van der Waals surface area (Å²) in [5, 5.41) is 10.5. The fourth-order valence-corrected chi connectivity index (χ4v) is 3.70. The van der Waals surface area contributed by atoms with Crippen LogP contribution in [0.2, 0.25) is 0 Å². The normalized spacial score (nSPS) is 11.1. The Kier molecular flexibility index (Phi) is 12.3. The van der Waals surface area contributed by atoms with E-state index in [1.54, 1.807) is 61.5 Å². The molecule has 3 aromatic rings. The first kappa shape index (κ1) is 31.6. The first-order chi connectivity index (χ1) is 20.3. The van der Waals surface area contributed by atoms with Crippen molar-refractivity contribution in [3.63, 3.8) is 0 Å². The lowest BCUT2D eigenvalue weighted by molar-refractivity contribution is -0.137. The van der Waals surface area contributed by atoms with E-state index in [0.717, 1.165) is 37.8 Å². The maximum absolute atomic E-state index is 12.6. The standard InChI is InChI=1S/C33H34O9/c1-4-30(34)39-21-9-7-6-8-20-38-26-14-10-24(11-15-26)32(36)41-28-18-19-29(23(3)22-28)42-33(37)25-12-16-27(17-13-25)40-31(35)5-2/h4-5,10-19,22,33,37H,1-2,6-9,20-21H2,3H3. The molecule has 0 bridgehead atoms. The predicted molar refractivity (Wildman–Crippen MR) is 156 cm³/mol. The number of unbranched alkanes of at least 4 members (excludes halogenated alkanes) is 3. The molecule has 220 valence electrons. The van der Waals surface area contributed by atoms with Crippen LogP contribution in [-0.4, -0.2) is 36.2 Å². The molecule has 0 saturated carbocycles. The molecular weight excluding hydrogens is 540 g/mol. The lowest BCUT2D eigenvalue weighted by Gasteiger charge is -2.16. The average molecular weight is 575 g/mol. The van der Waals surface area contributed by atoms with Crippen LogP contribution < -0.4 is 18.9 Å². The summed E-state index contributed by atoms with van der Waals surface area (Å²) < 4.78 is 26.9. The molecule has 9 nitrogen and oxygen atoms in total. The van der Waals surface area contributed by atoms with E-state index in [1.807, 2.05) is 0 Å². The minimum atomic E-state index is -1.27. The summed E-state index contributed by atoms with van der Waals surface area (Å²) in [7, 11) is 0. The van der Waals surface area contributed by atoms with Gasteiger partial charge in [0.05, 0.1) is 18.8 Å². The van der Waals surface area contributed by atoms with Crippen molar-refractivity contribution in [2.45, 2.75) is 38.9 Å². The van der Waals surface area contributed by atoms with Crippen molar-refractivity contribution in [1.82, 2.24) is 0 Å². The molecule has 0 aliphatic carbocycles. The molecule has 3 rings (SSSR count). The highest BCUT2D eigenvalue weighted by molar-refractivity contribution is 5.91. The second-order valence-corrected chi connectivity index (χ2v) is 9.14. The minimum absolute atomic E-state index is 0.314. The second kappa shape index (κ2) is 16.4. The molecule has 0 aliphatic heterocycles. The predicted octanol–water partition coefficient (Wildman–Crippen LogP) is 6.04. The van der Waals surface area contributed by atoms with Gasteiger partial charge in [-0.25, -0.2) is 14.4 Å². The number of rotatable bonds is 16. The molecule has 3 aromatic carbocycles. The number of benzene rings is 3. The van der Waals surface area contributed by atoms with Gasteiger partial charge in [-0.05, 0) is 105 Å². The van der Waals surface area contributed by atoms with Gasteiger partial charge in [0.2, 0.25) is 6.29 Å². The topological polar surface area (TPSA) is 118 Å². The fourth-order valence-electron chi connectivity index (χ4n) is 3.70. The molecule has 1 unspecified atom stereocenters. The number of aryl methyl sites for hydroxylation is 1. The fraction of sp³-hybridized carbons (Fsp3) is 0.242. The van der Waals surface area contributed by atoms with Gasteiger partial charge < -0.3 is 28.8 Å². The first-order valence-electron chi connectivity index (χ1n) is 13.4. The molecule has 1 N–H and O–H groups in total. The number of ether oxygens (including phenoxy) is 5. The summed E-state index contributed by atoms with van der Waals surface area (Å²) in [4.78, 5) is 34.9. The van der Waals surface area contributed by atoms with Gasteiger partial charge in [0, 0.05) is 17.7 Å².